The summed E-state index contributed by atoms with van der Waals surface area (Å²) >= 11 is 1.72. The molecule has 0 spiro atoms. The van der Waals surface area contributed by atoms with Crippen molar-refractivity contribution in [2.45, 2.75) is 25.4 Å². The van der Waals surface area contributed by atoms with Crippen LogP contribution in [0.4, 0.5) is 0 Å². The number of thiazole rings is 1. The lowest BCUT2D eigenvalue weighted by atomic mass is 10.1. The van der Waals surface area contributed by atoms with Gasteiger partial charge in [-0.25, -0.2) is 4.98 Å². The summed E-state index contributed by atoms with van der Waals surface area (Å²) in [6.07, 6.45) is 4.35. The largest absolute Gasteiger partial charge is 0.317 e. The van der Waals surface area contributed by atoms with E-state index in [-0.39, 0.29) is 0 Å². The minimum absolute atomic E-state index is 0.685. The monoisotopic (exact) mass is 197 g/mol. The fourth-order valence-electron chi connectivity index (χ4n) is 1.60. The van der Waals surface area contributed by atoms with Gasteiger partial charge in [0.05, 0.1) is 0 Å². The van der Waals surface area contributed by atoms with Crippen LogP contribution in [-0.2, 0) is 6.54 Å². The summed E-state index contributed by atoms with van der Waals surface area (Å²) in [6.45, 7) is 3.23. The van der Waals surface area contributed by atoms with E-state index in [1.54, 1.807) is 11.3 Å². The van der Waals surface area contributed by atoms with Crippen LogP contribution in [0.25, 0.3) is 0 Å². The summed E-state index contributed by atoms with van der Waals surface area (Å²) in [5.41, 5.74) is 0. The van der Waals surface area contributed by atoms with Gasteiger partial charge in [-0.2, -0.15) is 0 Å². The van der Waals surface area contributed by atoms with E-state index in [2.05, 4.69) is 15.6 Å². The van der Waals surface area contributed by atoms with Crippen LogP contribution in [0.1, 0.15) is 17.8 Å². The van der Waals surface area contributed by atoms with Crippen LogP contribution < -0.4 is 10.6 Å². The Bertz CT molecular complexity index is 229. The van der Waals surface area contributed by atoms with Gasteiger partial charge >= 0.3 is 0 Å². The second kappa shape index (κ2) is 4.69. The highest BCUT2D eigenvalue weighted by Crippen LogP contribution is 2.06. The summed E-state index contributed by atoms with van der Waals surface area (Å²) in [6, 6.07) is 0.685. The molecule has 4 heteroatoms. The minimum atomic E-state index is 0.685. The first-order valence-corrected chi connectivity index (χ1v) is 5.65. The lowest BCUT2D eigenvalue weighted by molar-refractivity contribution is 0.386. The Kier molecular flexibility index (Phi) is 3.29. The van der Waals surface area contributed by atoms with Gasteiger partial charge in [-0.05, 0) is 25.9 Å². The van der Waals surface area contributed by atoms with Gasteiger partial charge in [0.25, 0.3) is 0 Å². The third-order valence-electron chi connectivity index (χ3n) is 2.36. The van der Waals surface area contributed by atoms with Crippen molar-refractivity contribution in [2.75, 3.05) is 13.1 Å². The van der Waals surface area contributed by atoms with Gasteiger partial charge in [0.15, 0.2) is 0 Å². The van der Waals surface area contributed by atoms with E-state index >= 15 is 0 Å². The molecule has 0 radical (unpaired) electrons. The molecule has 1 aromatic rings. The summed E-state index contributed by atoms with van der Waals surface area (Å²) in [5.74, 6) is 0. The molecule has 0 unspecified atom stereocenters. The number of nitrogens with one attached hydrogen (secondary N) is 2. The normalized spacial score (nSPS) is 19.1. The summed E-state index contributed by atoms with van der Waals surface area (Å²) in [4.78, 5) is 4.24. The Hall–Kier alpha value is -0.450. The van der Waals surface area contributed by atoms with Crippen LogP contribution in [0.5, 0.6) is 0 Å². The average Bonchev–Trinajstić information content (AvgIpc) is 2.69. The molecule has 1 aliphatic rings. The Balaban J connectivity index is 1.72. The third-order valence-corrected chi connectivity index (χ3v) is 3.14. The molecule has 2 N–H and O–H groups in total. The molecule has 1 aromatic heterocycles. The van der Waals surface area contributed by atoms with E-state index in [1.807, 2.05) is 11.6 Å². The fourth-order valence-corrected chi connectivity index (χ4v) is 2.17. The zero-order valence-electron chi connectivity index (χ0n) is 7.62. The molecule has 1 saturated heterocycles. The van der Waals surface area contributed by atoms with E-state index in [0.29, 0.717) is 6.04 Å². The minimum Gasteiger partial charge on any atom is -0.317 e. The SMILES string of the molecule is c1csc(CNC2CCNCC2)n1. The molecule has 0 atom stereocenters. The second-order valence-corrected chi connectivity index (χ2v) is 4.31. The maximum absolute atomic E-state index is 4.24. The van der Waals surface area contributed by atoms with Gasteiger partial charge in [0.2, 0.25) is 0 Å². The van der Waals surface area contributed by atoms with Crippen molar-refractivity contribution in [2.24, 2.45) is 0 Å². The van der Waals surface area contributed by atoms with Crippen LogP contribution in [0.3, 0.4) is 0 Å². The fraction of sp³-hybridized carbons (Fsp3) is 0.667. The molecule has 2 heterocycles. The highest BCUT2D eigenvalue weighted by molar-refractivity contribution is 7.09. The van der Waals surface area contributed by atoms with Gasteiger partial charge in [-0.1, -0.05) is 0 Å². The van der Waals surface area contributed by atoms with Crippen LogP contribution in [0.2, 0.25) is 0 Å². The van der Waals surface area contributed by atoms with Crippen molar-refractivity contribution in [3.05, 3.63) is 16.6 Å². The zero-order valence-corrected chi connectivity index (χ0v) is 8.44. The van der Waals surface area contributed by atoms with Crippen LogP contribution in [0.15, 0.2) is 11.6 Å². The molecule has 0 amide bonds. The van der Waals surface area contributed by atoms with E-state index in [9.17, 15) is 0 Å². The van der Waals surface area contributed by atoms with E-state index < -0.39 is 0 Å². The predicted octanol–water partition coefficient (Wildman–Crippen LogP) is 0.985. The first-order chi connectivity index (χ1) is 6.45. The molecule has 13 heavy (non-hydrogen) atoms. The van der Waals surface area contributed by atoms with Crippen molar-refractivity contribution in [1.29, 1.82) is 0 Å². The number of aromatic nitrogens is 1. The number of piperidine rings is 1. The van der Waals surface area contributed by atoms with E-state index in [4.69, 9.17) is 0 Å². The van der Waals surface area contributed by atoms with Crippen LogP contribution in [-0.4, -0.2) is 24.1 Å². The van der Waals surface area contributed by atoms with Crippen molar-refractivity contribution in [3.63, 3.8) is 0 Å². The lowest BCUT2D eigenvalue weighted by Gasteiger charge is -2.23. The molecular weight excluding hydrogens is 182 g/mol. The van der Waals surface area contributed by atoms with Gasteiger partial charge < -0.3 is 10.6 Å². The maximum atomic E-state index is 4.24. The maximum Gasteiger partial charge on any atom is 0.106 e. The number of hydrogen-bond acceptors (Lipinski definition) is 4. The number of nitrogens with zero attached hydrogens (tertiary/aromatic N) is 1. The topological polar surface area (TPSA) is 37.0 Å². The van der Waals surface area contributed by atoms with E-state index in [0.717, 1.165) is 19.6 Å². The molecule has 0 saturated carbocycles. The van der Waals surface area contributed by atoms with Gasteiger partial charge in [-0.15, -0.1) is 11.3 Å². The first kappa shape index (κ1) is 9.12. The molecule has 1 aliphatic heterocycles. The second-order valence-electron chi connectivity index (χ2n) is 3.33. The number of hydrogen-bond donors (Lipinski definition) is 2. The Morgan fingerprint density at radius 2 is 2.38 bits per heavy atom. The van der Waals surface area contributed by atoms with Crippen molar-refractivity contribution in [1.82, 2.24) is 15.6 Å². The molecule has 0 aliphatic carbocycles. The first-order valence-electron chi connectivity index (χ1n) is 4.77. The van der Waals surface area contributed by atoms with Gasteiger partial charge in [0.1, 0.15) is 5.01 Å². The van der Waals surface area contributed by atoms with E-state index in [1.165, 1.54) is 17.8 Å². The van der Waals surface area contributed by atoms with Crippen LogP contribution >= 0.6 is 11.3 Å². The summed E-state index contributed by atoms with van der Waals surface area (Å²) in [5, 5.41) is 10.1. The lowest BCUT2D eigenvalue weighted by Crippen LogP contribution is -2.39. The molecular formula is C9H15N3S. The molecule has 0 bridgehead atoms. The predicted molar refractivity (Wildman–Crippen MR) is 54.8 cm³/mol. The van der Waals surface area contributed by atoms with Crippen molar-refractivity contribution >= 4 is 11.3 Å². The summed E-state index contributed by atoms with van der Waals surface area (Å²) in [7, 11) is 0. The summed E-state index contributed by atoms with van der Waals surface area (Å²) < 4.78 is 0. The standard InChI is InChI=1S/C9H15N3S/c1-3-10-4-2-8(1)12-7-9-11-5-6-13-9/h5-6,8,10,12H,1-4,7H2. The average molecular weight is 197 g/mol. The van der Waals surface area contributed by atoms with Crippen molar-refractivity contribution in [3.8, 4) is 0 Å². The zero-order chi connectivity index (χ0) is 8.93. The Morgan fingerprint density at radius 1 is 1.54 bits per heavy atom. The quantitative estimate of drug-likeness (QED) is 0.758. The third kappa shape index (κ3) is 2.76. The smallest absolute Gasteiger partial charge is 0.106 e. The molecule has 3 nitrogen and oxygen atoms in total. The highest BCUT2D eigenvalue weighted by atomic mass is 32.1. The Morgan fingerprint density at radius 3 is 3.08 bits per heavy atom. The Labute approximate surface area is 82.6 Å². The highest BCUT2D eigenvalue weighted by Gasteiger charge is 2.11. The molecule has 2 rings (SSSR count). The van der Waals surface area contributed by atoms with Gasteiger partial charge in [0, 0.05) is 24.2 Å². The molecule has 1 fully saturated rings. The van der Waals surface area contributed by atoms with Crippen LogP contribution in [0, 0.1) is 0 Å². The van der Waals surface area contributed by atoms with Crippen molar-refractivity contribution < 1.29 is 0 Å². The van der Waals surface area contributed by atoms with Gasteiger partial charge in [-0.3, -0.25) is 0 Å². The molecule has 72 valence electrons. The molecule has 0 aromatic carbocycles. The number of rotatable bonds is 3.